The molecule has 1 aromatic rings. The van der Waals surface area contributed by atoms with Crippen molar-refractivity contribution in [2.45, 2.75) is 37.4 Å². The summed E-state index contributed by atoms with van der Waals surface area (Å²) in [7, 11) is 0. The van der Waals surface area contributed by atoms with E-state index in [9.17, 15) is 19.1 Å². The number of aliphatic hydroxyl groups is 1. The van der Waals surface area contributed by atoms with E-state index in [0.29, 0.717) is 0 Å². The Morgan fingerprint density at radius 1 is 1.56 bits per heavy atom. The lowest BCUT2D eigenvalue weighted by Crippen LogP contribution is -2.46. The molecule has 2 heterocycles. The van der Waals surface area contributed by atoms with Crippen LogP contribution in [0.4, 0.5) is 4.39 Å². The average molecular weight is 256 g/mol. The normalized spacial score (nSPS) is 45.9. The van der Waals surface area contributed by atoms with Crippen LogP contribution in [-0.2, 0) is 4.74 Å². The van der Waals surface area contributed by atoms with E-state index >= 15 is 0 Å². The van der Waals surface area contributed by atoms with Gasteiger partial charge in [-0.15, -0.1) is 0 Å². The number of rotatable bonds is 1. The first-order chi connectivity index (χ1) is 8.30. The van der Waals surface area contributed by atoms with E-state index in [2.05, 4.69) is 0 Å². The first-order valence-corrected chi connectivity index (χ1v) is 5.68. The maximum atomic E-state index is 14.7. The number of nitrogens with zero attached hydrogens (tertiary/aromatic N) is 1. The Morgan fingerprint density at radius 2 is 2.22 bits per heavy atom. The van der Waals surface area contributed by atoms with Gasteiger partial charge in [0, 0.05) is 18.2 Å². The summed E-state index contributed by atoms with van der Waals surface area (Å²) in [4.78, 5) is 24.6. The van der Waals surface area contributed by atoms with Crippen molar-refractivity contribution in [3.8, 4) is 0 Å². The monoisotopic (exact) mass is 256 g/mol. The molecule has 0 spiro atoms. The van der Waals surface area contributed by atoms with E-state index in [1.807, 2.05) is 4.98 Å². The zero-order valence-corrected chi connectivity index (χ0v) is 9.88. The second kappa shape index (κ2) is 3.10. The molecule has 6 nitrogen and oxygen atoms in total. The number of fused-ring (bicyclic) bond motifs is 1. The van der Waals surface area contributed by atoms with E-state index in [-0.39, 0.29) is 5.92 Å². The number of ether oxygens (including phenoxy) is 1. The van der Waals surface area contributed by atoms with Gasteiger partial charge in [-0.1, -0.05) is 6.92 Å². The molecular formula is C11H13FN2O4. The van der Waals surface area contributed by atoms with Gasteiger partial charge in [-0.25, -0.2) is 9.18 Å². The molecule has 18 heavy (non-hydrogen) atoms. The van der Waals surface area contributed by atoms with Crippen LogP contribution in [0.2, 0.25) is 0 Å². The van der Waals surface area contributed by atoms with Crippen LogP contribution in [0.3, 0.4) is 0 Å². The fourth-order valence-corrected chi connectivity index (χ4v) is 2.85. The molecular weight excluding hydrogens is 243 g/mol. The standard InChI is InChI=1S/C11H13FN2O4/c1-5-7-11(5,17)10(2,12)8(18-7)14-4-3-6(15)13-9(14)16/h3-5,7-8,17H,1-2H3,(H,13,15,16). The lowest BCUT2D eigenvalue weighted by molar-refractivity contribution is -0.0995. The quantitative estimate of drug-likeness (QED) is 0.712. The molecule has 0 aromatic carbocycles. The van der Waals surface area contributed by atoms with Gasteiger partial charge in [0.25, 0.3) is 5.56 Å². The molecule has 3 rings (SSSR count). The number of aromatic nitrogens is 2. The van der Waals surface area contributed by atoms with Gasteiger partial charge in [0.2, 0.25) is 0 Å². The Balaban J connectivity index is 2.06. The molecule has 1 saturated carbocycles. The van der Waals surface area contributed by atoms with Crippen molar-refractivity contribution in [1.29, 1.82) is 0 Å². The second-order valence-electron chi connectivity index (χ2n) is 5.12. The minimum absolute atomic E-state index is 0.304. The number of H-pyrrole nitrogens is 1. The molecule has 2 aliphatic rings. The zero-order valence-electron chi connectivity index (χ0n) is 9.88. The number of hydrogen-bond acceptors (Lipinski definition) is 4. The maximum absolute atomic E-state index is 14.7. The Bertz CT molecular complexity index is 622. The van der Waals surface area contributed by atoms with Crippen LogP contribution < -0.4 is 11.2 Å². The van der Waals surface area contributed by atoms with Crippen LogP contribution in [0.25, 0.3) is 0 Å². The van der Waals surface area contributed by atoms with Crippen molar-refractivity contribution >= 4 is 0 Å². The molecule has 2 N–H and O–H groups in total. The van der Waals surface area contributed by atoms with Crippen molar-refractivity contribution in [3.05, 3.63) is 33.1 Å². The van der Waals surface area contributed by atoms with Gasteiger partial charge in [-0.2, -0.15) is 0 Å². The molecule has 98 valence electrons. The van der Waals surface area contributed by atoms with E-state index in [4.69, 9.17) is 4.74 Å². The predicted molar refractivity (Wildman–Crippen MR) is 58.9 cm³/mol. The first kappa shape index (κ1) is 11.6. The number of hydrogen-bond donors (Lipinski definition) is 2. The minimum atomic E-state index is -2.08. The maximum Gasteiger partial charge on any atom is 0.330 e. The van der Waals surface area contributed by atoms with Gasteiger partial charge < -0.3 is 9.84 Å². The Labute approximate surface area is 101 Å². The van der Waals surface area contributed by atoms with Gasteiger partial charge in [0.15, 0.2) is 11.9 Å². The molecule has 1 aliphatic heterocycles. The summed E-state index contributed by atoms with van der Waals surface area (Å²) in [6.45, 7) is 2.90. The van der Waals surface area contributed by atoms with Crippen molar-refractivity contribution in [1.82, 2.24) is 9.55 Å². The highest BCUT2D eigenvalue weighted by Gasteiger charge is 2.81. The van der Waals surface area contributed by atoms with Crippen molar-refractivity contribution < 1.29 is 14.2 Å². The SMILES string of the molecule is CC1C2OC(n3ccc(=O)[nH]c3=O)C(C)(F)C12O. The van der Waals surface area contributed by atoms with Gasteiger partial charge in [-0.3, -0.25) is 14.3 Å². The summed E-state index contributed by atoms with van der Waals surface area (Å²) in [6.07, 6.45) is -0.674. The molecule has 1 aromatic heterocycles. The molecule has 2 fully saturated rings. The number of aromatic amines is 1. The highest BCUT2D eigenvalue weighted by Crippen LogP contribution is 2.64. The summed E-state index contributed by atoms with van der Waals surface area (Å²) in [6, 6.07) is 1.11. The summed E-state index contributed by atoms with van der Waals surface area (Å²) in [5.41, 5.74) is -4.96. The van der Waals surface area contributed by atoms with Crippen LogP contribution in [0, 0.1) is 5.92 Å². The van der Waals surface area contributed by atoms with Gasteiger partial charge in [-0.05, 0) is 6.92 Å². The summed E-state index contributed by atoms with van der Waals surface area (Å²) < 4.78 is 21.0. The van der Waals surface area contributed by atoms with E-state index < -0.39 is 34.9 Å². The Hall–Kier alpha value is -1.47. The molecule has 0 bridgehead atoms. The smallest absolute Gasteiger partial charge is 0.330 e. The van der Waals surface area contributed by atoms with E-state index in [1.165, 1.54) is 13.1 Å². The van der Waals surface area contributed by atoms with Gasteiger partial charge in [0.05, 0.1) is 6.10 Å². The third-order valence-corrected chi connectivity index (χ3v) is 4.10. The van der Waals surface area contributed by atoms with Gasteiger partial charge >= 0.3 is 5.69 Å². The molecule has 5 atom stereocenters. The largest absolute Gasteiger partial charge is 0.383 e. The zero-order chi connectivity index (χ0) is 13.3. The third-order valence-electron chi connectivity index (χ3n) is 4.10. The first-order valence-electron chi connectivity index (χ1n) is 5.68. The van der Waals surface area contributed by atoms with Crippen molar-refractivity contribution in [2.24, 2.45) is 5.92 Å². The van der Waals surface area contributed by atoms with E-state index in [1.54, 1.807) is 6.92 Å². The van der Waals surface area contributed by atoms with Crippen molar-refractivity contribution in [3.63, 3.8) is 0 Å². The Morgan fingerprint density at radius 3 is 2.72 bits per heavy atom. The molecule has 5 unspecified atom stereocenters. The third kappa shape index (κ3) is 1.13. The summed E-state index contributed by atoms with van der Waals surface area (Å²) >= 11 is 0. The summed E-state index contributed by atoms with van der Waals surface area (Å²) in [5, 5.41) is 10.2. The fourth-order valence-electron chi connectivity index (χ4n) is 2.85. The topological polar surface area (TPSA) is 84.3 Å². The average Bonchev–Trinajstić information content (AvgIpc) is 2.72. The predicted octanol–water partition coefficient (Wildman–Crippen LogP) is -0.457. The second-order valence-corrected chi connectivity index (χ2v) is 5.12. The minimum Gasteiger partial charge on any atom is -0.383 e. The number of nitrogens with one attached hydrogen (secondary N) is 1. The molecule has 0 radical (unpaired) electrons. The van der Waals surface area contributed by atoms with Crippen molar-refractivity contribution in [2.75, 3.05) is 0 Å². The Kier molecular flexibility index (Phi) is 2.00. The highest BCUT2D eigenvalue weighted by atomic mass is 19.1. The van der Waals surface area contributed by atoms with Crippen LogP contribution in [0.1, 0.15) is 20.1 Å². The van der Waals surface area contributed by atoms with Crippen LogP contribution >= 0.6 is 0 Å². The van der Waals surface area contributed by atoms with Crippen LogP contribution in [-0.4, -0.2) is 32.0 Å². The summed E-state index contributed by atoms with van der Waals surface area (Å²) in [5.74, 6) is -0.304. The lowest BCUT2D eigenvalue weighted by Gasteiger charge is -2.30. The van der Waals surface area contributed by atoms with Gasteiger partial charge in [0.1, 0.15) is 5.60 Å². The number of halogens is 1. The molecule has 1 aliphatic carbocycles. The molecule has 0 amide bonds. The number of alkyl halides is 1. The highest BCUT2D eigenvalue weighted by molar-refractivity contribution is 5.27. The van der Waals surface area contributed by atoms with E-state index in [0.717, 1.165) is 10.6 Å². The molecule has 1 saturated heterocycles. The van der Waals surface area contributed by atoms with Crippen LogP contribution in [0.15, 0.2) is 21.9 Å². The fraction of sp³-hybridized carbons (Fsp3) is 0.636. The molecule has 7 heteroatoms. The van der Waals surface area contributed by atoms with Crippen LogP contribution in [0.5, 0.6) is 0 Å². The lowest BCUT2D eigenvalue weighted by atomic mass is 9.96.